The van der Waals surface area contributed by atoms with Crippen LogP contribution in [0.3, 0.4) is 0 Å². The van der Waals surface area contributed by atoms with Gasteiger partial charge in [0.05, 0.1) is 25.4 Å². The molecule has 1 amide bonds. The van der Waals surface area contributed by atoms with Crippen molar-refractivity contribution in [2.24, 2.45) is 0 Å². The van der Waals surface area contributed by atoms with Crippen molar-refractivity contribution in [3.8, 4) is 0 Å². The van der Waals surface area contributed by atoms with Gasteiger partial charge in [0.2, 0.25) is 5.91 Å². The van der Waals surface area contributed by atoms with Crippen LogP contribution in [-0.4, -0.2) is 50.5 Å². The van der Waals surface area contributed by atoms with Crippen LogP contribution in [0.25, 0.3) is 0 Å². The summed E-state index contributed by atoms with van der Waals surface area (Å²) in [5.74, 6) is 0.0796. The second-order valence-electron chi connectivity index (χ2n) is 4.84. The zero-order valence-electron chi connectivity index (χ0n) is 10.4. The van der Waals surface area contributed by atoms with Gasteiger partial charge in [-0.2, -0.15) is 0 Å². The fourth-order valence-electron chi connectivity index (χ4n) is 2.38. The van der Waals surface area contributed by atoms with Crippen LogP contribution in [-0.2, 0) is 14.3 Å². The first-order valence-electron chi connectivity index (χ1n) is 6.48. The van der Waals surface area contributed by atoms with E-state index in [1.165, 1.54) is 0 Å². The number of hydrogen-bond acceptors (Lipinski definition) is 4. The van der Waals surface area contributed by atoms with Crippen molar-refractivity contribution in [1.82, 2.24) is 10.6 Å². The van der Waals surface area contributed by atoms with E-state index in [-0.39, 0.29) is 24.1 Å². The normalized spacial score (nSPS) is 31.1. The van der Waals surface area contributed by atoms with Gasteiger partial charge in [-0.25, -0.2) is 0 Å². The Morgan fingerprint density at radius 3 is 3.06 bits per heavy atom. The molecular weight excluding hydrogens is 220 g/mol. The molecule has 2 aliphatic heterocycles. The van der Waals surface area contributed by atoms with E-state index >= 15 is 0 Å². The number of carbonyl (C=O) groups is 1. The van der Waals surface area contributed by atoms with E-state index in [4.69, 9.17) is 9.47 Å². The largest absolute Gasteiger partial charge is 0.378 e. The molecule has 2 heterocycles. The van der Waals surface area contributed by atoms with Gasteiger partial charge in [0.25, 0.3) is 0 Å². The van der Waals surface area contributed by atoms with Gasteiger partial charge >= 0.3 is 0 Å². The smallest absolute Gasteiger partial charge is 0.221 e. The Labute approximate surface area is 102 Å². The Kier molecular flexibility index (Phi) is 4.76. The van der Waals surface area contributed by atoms with Crippen LogP contribution in [0.15, 0.2) is 0 Å². The van der Waals surface area contributed by atoms with Crippen LogP contribution in [0.5, 0.6) is 0 Å². The molecule has 0 radical (unpaired) electrons. The van der Waals surface area contributed by atoms with Crippen molar-refractivity contribution in [2.75, 3.05) is 26.4 Å². The van der Waals surface area contributed by atoms with Crippen LogP contribution in [0, 0.1) is 0 Å². The zero-order chi connectivity index (χ0) is 12.1. The molecule has 2 rings (SSSR count). The van der Waals surface area contributed by atoms with Crippen molar-refractivity contribution in [2.45, 2.75) is 44.4 Å². The molecule has 5 nitrogen and oxygen atoms in total. The second-order valence-corrected chi connectivity index (χ2v) is 4.84. The average molecular weight is 242 g/mol. The quantitative estimate of drug-likeness (QED) is 0.731. The lowest BCUT2D eigenvalue weighted by atomic mass is 10.1. The Bertz CT molecular complexity index is 248. The molecule has 3 atom stereocenters. The summed E-state index contributed by atoms with van der Waals surface area (Å²) in [4.78, 5) is 11.8. The number of morpholine rings is 1. The summed E-state index contributed by atoms with van der Waals surface area (Å²) in [5.41, 5.74) is 0. The van der Waals surface area contributed by atoms with Gasteiger partial charge < -0.3 is 20.1 Å². The molecule has 0 aliphatic carbocycles. The van der Waals surface area contributed by atoms with Gasteiger partial charge in [-0.05, 0) is 19.8 Å². The highest BCUT2D eigenvalue weighted by Crippen LogP contribution is 2.15. The standard InChI is InChI=1S/C12H22N2O3/c1-9(11-3-2-5-17-11)14-12(15)7-10-8-16-6-4-13-10/h9-11,13H,2-8H2,1H3,(H,14,15). The molecule has 2 aliphatic rings. The molecule has 0 aromatic heterocycles. The zero-order valence-corrected chi connectivity index (χ0v) is 10.4. The van der Waals surface area contributed by atoms with Gasteiger partial charge in [0.1, 0.15) is 0 Å². The fraction of sp³-hybridized carbons (Fsp3) is 0.917. The molecule has 17 heavy (non-hydrogen) atoms. The SMILES string of the molecule is CC(NC(=O)CC1COCCN1)C1CCCO1. The first-order chi connectivity index (χ1) is 8.25. The van der Waals surface area contributed by atoms with Crippen molar-refractivity contribution >= 4 is 5.91 Å². The number of ether oxygens (including phenoxy) is 2. The van der Waals surface area contributed by atoms with Crippen molar-refractivity contribution < 1.29 is 14.3 Å². The summed E-state index contributed by atoms with van der Waals surface area (Å²) in [6.07, 6.45) is 2.82. The molecule has 0 spiro atoms. The summed E-state index contributed by atoms with van der Waals surface area (Å²) < 4.78 is 10.9. The third-order valence-corrected chi connectivity index (χ3v) is 3.34. The van der Waals surface area contributed by atoms with Crippen LogP contribution in [0.1, 0.15) is 26.2 Å². The van der Waals surface area contributed by atoms with Crippen LogP contribution in [0.2, 0.25) is 0 Å². The summed E-state index contributed by atoms with van der Waals surface area (Å²) in [6.45, 7) is 5.03. The van der Waals surface area contributed by atoms with Crippen molar-refractivity contribution in [1.29, 1.82) is 0 Å². The van der Waals surface area contributed by atoms with E-state index in [0.717, 1.165) is 32.6 Å². The molecule has 2 fully saturated rings. The summed E-state index contributed by atoms with van der Waals surface area (Å²) >= 11 is 0. The molecule has 5 heteroatoms. The lowest BCUT2D eigenvalue weighted by Gasteiger charge is -2.25. The van der Waals surface area contributed by atoms with Gasteiger partial charge in [-0.3, -0.25) is 4.79 Å². The van der Waals surface area contributed by atoms with Gasteiger partial charge in [0.15, 0.2) is 0 Å². The number of amides is 1. The molecular formula is C12H22N2O3. The van der Waals surface area contributed by atoms with Gasteiger partial charge in [-0.1, -0.05) is 0 Å². The van der Waals surface area contributed by atoms with Crippen LogP contribution >= 0.6 is 0 Å². The Hall–Kier alpha value is -0.650. The molecule has 0 bridgehead atoms. The number of rotatable bonds is 4. The highest BCUT2D eigenvalue weighted by molar-refractivity contribution is 5.77. The van der Waals surface area contributed by atoms with Crippen molar-refractivity contribution in [3.63, 3.8) is 0 Å². The van der Waals surface area contributed by atoms with E-state index in [0.29, 0.717) is 13.0 Å². The highest BCUT2D eigenvalue weighted by atomic mass is 16.5. The summed E-state index contributed by atoms with van der Waals surface area (Å²) in [6, 6.07) is 0.259. The van der Waals surface area contributed by atoms with Gasteiger partial charge in [-0.15, -0.1) is 0 Å². The van der Waals surface area contributed by atoms with E-state index in [1.807, 2.05) is 6.92 Å². The lowest BCUT2D eigenvalue weighted by molar-refractivity contribution is -0.123. The second kappa shape index (κ2) is 6.33. The van der Waals surface area contributed by atoms with E-state index in [1.54, 1.807) is 0 Å². The number of nitrogens with one attached hydrogen (secondary N) is 2. The maximum Gasteiger partial charge on any atom is 0.221 e. The molecule has 2 N–H and O–H groups in total. The minimum atomic E-state index is 0.0796. The monoisotopic (exact) mass is 242 g/mol. The average Bonchev–Trinajstić information content (AvgIpc) is 2.83. The first-order valence-corrected chi connectivity index (χ1v) is 6.48. The van der Waals surface area contributed by atoms with E-state index < -0.39 is 0 Å². The van der Waals surface area contributed by atoms with Gasteiger partial charge in [0, 0.05) is 25.6 Å². The molecule has 0 aromatic carbocycles. The third-order valence-electron chi connectivity index (χ3n) is 3.34. The van der Waals surface area contributed by atoms with Crippen LogP contribution in [0.4, 0.5) is 0 Å². The highest BCUT2D eigenvalue weighted by Gasteiger charge is 2.24. The molecule has 98 valence electrons. The van der Waals surface area contributed by atoms with Crippen molar-refractivity contribution in [3.05, 3.63) is 0 Å². The maximum atomic E-state index is 11.8. The van der Waals surface area contributed by atoms with E-state index in [9.17, 15) is 4.79 Å². The summed E-state index contributed by atoms with van der Waals surface area (Å²) in [5, 5.41) is 6.29. The Morgan fingerprint density at radius 2 is 2.41 bits per heavy atom. The number of hydrogen-bond donors (Lipinski definition) is 2. The fourth-order valence-corrected chi connectivity index (χ4v) is 2.38. The molecule has 2 saturated heterocycles. The minimum Gasteiger partial charge on any atom is -0.378 e. The minimum absolute atomic E-state index is 0.0796. The first kappa shape index (κ1) is 12.8. The molecule has 0 aromatic rings. The molecule has 0 saturated carbocycles. The number of carbonyl (C=O) groups excluding carboxylic acids is 1. The summed E-state index contributed by atoms with van der Waals surface area (Å²) in [7, 11) is 0. The topological polar surface area (TPSA) is 59.6 Å². The molecule has 3 unspecified atom stereocenters. The lowest BCUT2D eigenvalue weighted by Crippen LogP contribution is -2.47. The maximum absolute atomic E-state index is 11.8. The Morgan fingerprint density at radius 1 is 1.53 bits per heavy atom. The van der Waals surface area contributed by atoms with E-state index in [2.05, 4.69) is 10.6 Å². The Balaban J connectivity index is 1.68. The third kappa shape index (κ3) is 3.94. The predicted molar refractivity (Wildman–Crippen MR) is 63.8 cm³/mol. The van der Waals surface area contributed by atoms with Crippen LogP contribution < -0.4 is 10.6 Å². The predicted octanol–water partition coefficient (Wildman–Crippen LogP) is 0.0486.